The van der Waals surface area contributed by atoms with Crippen molar-refractivity contribution in [1.29, 1.82) is 0 Å². The molecular formula is C18H23NO2. The number of hydrogen-bond donors (Lipinski definition) is 1. The Morgan fingerprint density at radius 3 is 2.43 bits per heavy atom. The number of rotatable bonds is 7. The zero-order chi connectivity index (χ0) is 15.1. The monoisotopic (exact) mass is 285 g/mol. The van der Waals surface area contributed by atoms with E-state index in [1.54, 1.807) is 0 Å². The molecule has 0 heterocycles. The van der Waals surface area contributed by atoms with E-state index in [1.807, 2.05) is 30.3 Å². The number of benzene rings is 2. The summed E-state index contributed by atoms with van der Waals surface area (Å²) in [5.74, 6) is 1.78. The Morgan fingerprint density at radius 2 is 1.67 bits per heavy atom. The van der Waals surface area contributed by atoms with Crippen LogP contribution in [0.2, 0.25) is 0 Å². The lowest BCUT2D eigenvalue weighted by Crippen LogP contribution is -2.11. The van der Waals surface area contributed by atoms with E-state index < -0.39 is 0 Å². The lowest BCUT2D eigenvalue weighted by atomic mass is 10.1. The first-order valence-electron chi connectivity index (χ1n) is 7.31. The largest absolute Gasteiger partial charge is 0.490 e. The van der Waals surface area contributed by atoms with Gasteiger partial charge in [0, 0.05) is 0 Å². The molecule has 0 unspecified atom stereocenters. The summed E-state index contributed by atoms with van der Waals surface area (Å²) in [6.07, 6.45) is 0.828. The molecule has 3 heteroatoms. The third-order valence-electron chi connectivity index (χ3n) is 3.47. The second kappa shape index (κ2) is 7.70. The molecule has 0 amide bonds. The van der Waals surface area contributed by atoms with Crippen LogP contribution in [0.1, 0.15) is 16.7 Å². The summed E-state index contributed by atoms with van der Waals surface area (Å²) in [5.41, 5.74) is 9.26. The molecule has 0 bridgehead atoms. The quantitative estimate of drug-likeness (QED) is 0.794. The highest BCUT2D eigenvalue weighted by Crippen LogP contribution is 2.19. The summed E-state index contributed by atoms with van der Waals surface area (Å²) >= 11 is 0. The Morgan fingerprint density at radius 1 is 0.905 bits per heavy atom. The molecule has 0 aliphatic carbocycles. The maximum Gasteiger partial charge on any atom is 0.122 e. The summed E-state index contributed by atoms with van der Waals surface area (Å²) in [6, 6.07) is 14.1. The summed E-state index contributed by atoms with van der Waals surface area (Å²) in [7, 11) is 0. The molecule has 0 spiro atoms. The van der Waals surface area contributed by atoms with Crippen molar-refractivity contribution in [2.45, 2.75) is 20.3 Å². The summed E-state index contributed by atoms with van der Waals surface area (Å²) in [6.45, 7) is 5.85. The molecule has 2 N–H and O–H groups in total. The van der Waals surface area contributed by atoms with Crippen LogP contribution in [0.5, 0.6) is 11.5 Å². The Bertz CT molecular complexity index is 581. The van der Waals surface area contributed by atoms with Crippen molar-refractivity contribution in [2.75, 3.05) is 19.8 Å². The number of nitrogens with two attached hydrogens (primary N) is 1. The van der Waals surface area contributed by atoms with Gasteiger partial charge in [0.15, 0.2) is 0 Å². The molecule has 2 rings (SSSR count). The minimum atomic E-state index is 0.522. The topological polar surface area (TPSA) is 44.5 Å². The minimum absolute atomic E-state index is 0.522. The van der Waals surface area contributed by atoms with Gasteiger partial charge >= 0.3 is 0 Å². The van der Waals surface area contributed by atoms with E-state index in [1.165, 1.54) is 11.1 Å². The molecule has 2 aromatic carbocycles. The Kier molecular flexibility index (Phi) is 5.64. The van der Waals surface area contributed by atoms with Crippen molar-refractivity contribution >= 4 is 0 Å². The molecule has 0 atom stereocenters. The average Bonchev–Trinajstić information content (AvgIpc) is 2.49. The second-order valence-corrected chi connectivity index (χ2v) is 5.09. The van der Waals surface area contributed by atoms with Gasteiger partial charge in [-0.1, -0.05) is 24.3 Å². The van der Waals surface area contributed by atoms with Crippen LogP contribution in [-0.4, -0.2) is 19.8 Å². The van der Waals surface area contributed by atoms with Crippen molar-refractivity contribution in [3.05, 3.63) is 59.2 Å². The Hall–Kier alpha value is -2.00. The fraction of sp³-hybridized carbons (Fsp3) is 0.333. The lowest BCUT2D eigenvalue weighted by molar-refractivity contribution is 0.216. The molecule has 0 aliphatic heterocycles. The molecule has 0 aliphatic rings. The number of hydrogen-bond acceptors (Lipinski definition) is 3. The van der Waals surface area contributed by atoms with Gasteiger partial charge in [0.05, 0.1) is 0 Å². The van der Waals surface area contributed by atoms with Crippen molar-refractivity contribution in [3.8, 4) is 11.5 Å². The highest BCUT2D eigenvalue weighted by Gasteiger charge is 2.02. The number of ether oxygens (including phenoxy) is 2. The van der Waals surface area contributed by atoms with Gasteiger partial charge in [0.1, 0.15) is 24.7 Å². The second-order valence-electron chi connectivity index (χ2n) is 5.09. The van der Waals surface area contributed by atoms with E-state index >= 15 is 0 Å². The fourth-order valence-electron chi connectivity index (χ4n) is 2.12. The minimum Gasteiger partial charge on any atom is -0.490 e. The summed E-state index contributed by atoms with van der Waals surface area (Å²) in [5, 5.41) is 0. The van der Waals surface area contributed by atoms with E-state index in [0.717, 1.165) is 23.5 Å². The molecule has 0 saturated heterocycles. The van der Waals surface area contributed by atoms with E-state index in [2.05, 4.69) is 26.0 Å². The van der Waals surface area contributed by atoms with E-state index in [-0.39, 0.29) is 0 Å². The molecular weight excluding hydrogens is 262 g/mol. The van der Waals surface area contributed by atoms with Crippen LogP contribution in [0.3, 0.4) is 0 Å². The number of para-hydroxylation sites is 1. The lowest BCUT2D eigenvalue weighted by Gasteiger charge is -2.12. The van der Waals surface area contributed by atoms with Crippen LogP contribution in [0, 0.1) is 13.8 Å². The third kappa shape index (κ3) is 4.50. The molecule has 0 saturated carbocycles. The molecule has 0 aromatic heterocycles. The van der Waals surface area contributed by atoms with Crippen molar-refractivity contribution in [2.24, 2.45) is 5.73 Å². The first-order valence-corrected chi connectivity index (χ1v) is 7.31. The zero-order valence-corrected chi connectivity index (χ0v) is 12.8. The third-order valence-corrected chi connectivity index (χ3v) is 3.47. The maximum atomic E-state index is 5.78. The highest BCUT2D eigenvalue weighted by molar-refractivity contribution is 5.34. The van der Waals surface area contributed by atoms with Gasteiger partial charge in [-0.2, -0.15) is 0 Å². The van der Waals surface area contributed by atoms with Crippen LogP contribution in [0.15, 0.2) is 42.5 Å². The smallest absolute Gasteiger partial charge is 0.122 e. The Labute approximate surface area is 126 Å². The zero-order valence-electron chi connectivity index (χ0n) is 12.8. The maximum absolute atomic E-state index is 5.78. The van der Waals surface area contributed by atoms with Gasteiger partial charge in [0.25, 0.3) is 0 Å². The van der Waals surface area contributed by atoms with Crippen LogP contribution >= 0.6 is 0 Å². The normalized spacial score (nSPS) is 10.4. The van der Waals surface area contributed by atoms with Crippen molar-refractivity contribution in [3.63, 3.8) is 0 Å². The van der Waals surface area contributed by atoms with Crippen molar-refractivity contribution < 1.29 is 9.47 Å². The van der Waals surface area contributed by atoms with E-state index in [0.29, 0.717) is 19.8 Å². The van der Waals surface area contributed by atoms with Crippen LogP contribution < -0.4 is 15.2 Å². The molecule has 0 fully saturated rings. The van der Waals surface area contributed by atoms with Crippen LogP contribution in [0.4, 0.5) is 0 Å². The van der Waals surface area contributed by atoms with E-state index in [4.69, 9.17) is 15.2 Å². The molecule has 21 heavy (non-hydrogen) atoms. The fourth-order valence-corrected chi connectivity index (χ4v) is 2.12. The number of aryl methyl sites for hydroxylation is 2. The summed E-state index contributed by atoms with van der Waals surface area (Å²) < 4.78 is 11.5. The molecule has 112 valence electrons. The SMILES string of the molecule is Cc1ccc(OCCOc2ccccc2CCN)cc1C. The van der Waals surface area contributed by atoms with Gasteiger partial charge < -0.3 is 15.2 Å². The van der Waals surface area contributed by atoms with Crippen molar-refractivity contribution in [1.82, 2.24) is 0 Å². The van der Waals surface area contributed by atoms with Gasteiger partial charge in [-0.05, 0) is 61.7 Å². The first kappa shape index (κ1) is 15.4. The van der Waals surface area contributed by atoms with Crippen LogP contribution in [0.25, 0.3) is 0 Å². The van der Waals surface area contributed by atoms with Crippen LogP contribution in [-0.2, 0) is 6.42 Å². The highest BCUT2D eigenvalue weighted by atomic mass is 16.5. The first-order chi connectivity index (χ1) is 10.2. The molecule has 0 radical (unpaired) electrons. The van der Waals surface area contributed by atoms with Gasteiger partial charge in [0.2, 0.25) is 0 Å². The summed E-state index contributed by atoms with van der Waals surface area (Å²) in [4.78, 5) is 0. The standard InChI is InChI=1S/C18H23NO2/c1-14-7-8-17(13-15(14)2)20-11-12-21-18-6-4-3-5-16(18)9-10-19/h3-8,13H,9-12,19H2,1-2H3. The predicted molar refractivity (Wildman–Crippen MR) is 86.1 cm³/mol. The average molecular weight is 285 g/mol. The predicted octanol–water partition coefficient (Wildman–Crippen LogP) is 3.26. The van der Waals surface area contributed by atoms with E-state index in [9.17, 15) is 0 Å². The molecule has 3 nitrogen and oxygen atoms in total. The molecule has 2 aromatic rings. The van der Waals surface area contributed by atoms with Gasteiger partial charge in [-0.15, -0.1) is 0 Å². The van der Waals surface area contributed by atoms with Gasteiger partial charge in [-0.3, -0.25) is 0 Å². The van der Waals surface area contributed by atoms with Gasteiger partial charge in [-0.25, -0.2) is 0 Å². The Balaban J connectivity index is 1.83.